The van der Waals surface area contributed by atoms with Crippen LogP contribution in [-0.4, -0.2) is 30.5 Å². The van der Waals surface area contributed by atoms with Crippen molar-refractivity contribution in [2.45, 2.75) is 33.2 Å². The highest BCUT2D eigenvalue weighted by Crippen LogP contribution is 2.31. The molecule has 0 amide bonds. The molecule has 1 unspecified atom stereocenters. The largest absolute Gasteiger partial charge is 0.482 e. The quantitative estimate of drug-likeness (QED) is 0.419. The standard InChI is InChI=1S/C13H17F2NO5/c1-4-19-9(3)21-8(2)7-20-13-11(16(17)18)6-5-10(14)12(13)15/h5-6,8-9H,4,7H2,1-3H3/t8-,9?/m1/s1. The average Bonchev–Trinajstić information content (AvgIpc) is 2.40. The molecule has 0 heterocycles. The van der Waals surface area contributed by atoms with Crippen LogP contribution in [0.25, 0.3) is 0 Å². The van der Waals surface area contributed by atoms with E-state index in [2.05, 4.69) is 0 Å². The van der Waals surface area contributed by atoms with Crippen LogP contribution in [0.15, 0.2) is 12.1 Å². The number of nitrogens with zero attached hydrogens (tertiary/aromatic N) is 1. The summed E-state index contributed by atoms with van der Waals surface area (Å²) in [6.07, 6.45) is -1.02. The van der Waals surface area contributed by atoms with Crippen LogP contribution in [0.1, 0.15) is 20.8 Å². The second-order valence-electron chi connectivity index (χ2n) is 4.25. The Balaban J connectivity index is 2.74. The number of hydrogen-bond donors (Lipinski definition) is 0. The van der Waals surface area contributed by atoms with Crippen molar-refractivity contribution in [3.63, 3.8) is 0 Å². The Bertz CT molecular complexity index is 498. The first-order chi connectivity index (χ1) is 9.86. The zero-order valence-corrected chi connectivity index (χ0v) is 12.0. The van der Waals surface area contributed by atoms with Crippen molar-refractivity contribution < 1.29 is 27.9 Å². The Morgan fingerprint density at radius 1 is 1.33 bits per heavy atom. The van der Waals surface area contributed by atoms with Gasteiger partial charge in [-0.25, -0.2) is 4.39 Å². The summed E-state index contributed by atoms with van der Waals surface area (Å²) in [4.78, 5) is 9.94. The molecule has 0 aliphatic carbocycles. The van der Waals surface area contributed by atoms with Crippen molar-refractivity contribution in [3.8, 4) is 5.75 Å². The lowest BCUT2D eigenvalue weighted by atomic mass is 10.2. The van der Waals surface area contributed by atoms with Gasteiger partial charge in [-0.1, -0.05) is 0 Å². The van der Waals surface area contributed by atoms with Crippen LogP contribution in [0.5, 0.6) is 5.75 Å². The summed E-state index contributed by atoms with van der Waals surface area (Å²) in [5, 5.41) is 10.8. The number of benzene rings is 1. The lowest BCUT2D eigenvalue weighted by Crippen LogP contribution is -2.25. The maximum absolute atomic E-state index is 13.6. The van der Waals surface area contributed by atoms with Gasteiger partial charge in [-0.15, -0.1) is 0 Å². The maximum atomic E-state index is 13.6. The number of rotatable bonds is 8. The summed E-state index contributed by atoms with van der Waals surface area (Å²) in [5.74, 6) is -3.35. The van der Waals surface area contributed by atoms with Crippen LogP contribution in [-0.2, 0) is 9.47 Å². The zero-order valence-electron chi connectivity index (χ0n) is 12.0. The number of nitro benzene ring substituents is 1. The first-order valence-electron chi connectivity index (χ1n) is 6.39. The van der Waals surface area contributed by atoms with E-state index in [0.717, 1.165) is 6.07 Å². The summed E-state index contributed by atoms with van der Waals surface area (Å²) >= 11 is 0. The lowest BCUT2D eigenvalue weighted by molar-refractivity contribution is -0.386. The highest BCUT2D eigenvalue weighted by Gasteiger charge is 2.24. The third kappa shape index (κ3) is 4.91. The van der Waals surface area contributed by atoms with Gasteiger partial charge in [0.25, 0.3) is 0 Å². The number of nitro groups is 1. The fraction of sp³-hybridized carbons (Fsp3) is 0.538. The minimum absolute atomic E-state index is 0.182. The predicted molar refractivity (Wildman–Crippen MR) is 70.1 cm³/mol. The molecule has 118 valence electrons. The van der Waals surface area contributed by atoms with Crippen molar-refractivity contribution in [3.05, 3.63) is 33.9 Å². The van der Waals surface area contributed by atoms with E-state index >= 15 is 0 Å². The third-order valence-electron chi connectivity index (χ3n) is 2.51. The van der Waals surface area contributed by atoms with Crippen molar-refractivity contribution in [1.82, 2.24) is 0 Å². The summed E-state index contributed by atoms with van der Waals surface area (Å²) in [6.45, 7) is 5.37. The zero-order chi connectivity index (χ0) is 16.0. The molecule has 21 heavy (non-hydrogen) atoms. The second-order valence-corrected chi connectivity index (χ2v) is 4.25. The molecule has 0 spiro atoms. The van der Waals surface area contributed by atoms with E-state index in [9.17, 15) is 18.9 Å². The van der Waals surface area contributed by atoms with E-state index in [0.29, 0.717) is 12.7 Å². The fourth-order valence-corrected chi connectivity index (χ4v) is 1.64. The van der Waals surface area contributed by atoms with Gasteiger partial charge in [-0.3, -0.25) is 10.1 Å². The summed E-state index contributed by atoms with van der Waals surface area (Å²) < 4.78 is 42.2. The van der Waals surface area contributed by atoms with E-state index in [1.807, 2.05) is 0 Å². The molecule has 0 radical (unpaired) electrons. The van der Waals surface area contributed by atoms with Crippen molar-refractivity contribution in [2.24, 2.45) is 0 Å². The van der Waals surface area contributed by atoms with Gasteiger partial charge in [0.05, 0.1) is 11.0 Å². The molecule has 0 fully saturated rings. The highest BCUT2D eigenvalue weighted by molar-refractivity contribution is 5.47. The first kappa shape index (κ1) is 17.3. The minimum Gasteiger partial charge on any atom is -0.482 e. The third-order valence-corrected chi connectivity index (χ3v) is 2.51. The highest BCUT2D eigenvalue weighted by atomic mass is 19.2. The van der Waals surface area contributed by atoms with Crippen LogP contribution >= 0.6 is 0 Å². The summed E-state index contributed by atoms with van der Waals surface area (Å²) in [7, 11) is 0. The molecule has 0 aliphatic rings. The van der Waals surface area contributed by atoms with Gasteiger partial charge in [0.15, 0.2) is 12.1 Å². The van der Waals surface area contributed by atoms with Gasteiger partial charge in [0, 0.05) is 12.7 Å². The predicted octanol–water partition coefficient (Wildman–Crippen LogP) is 3.04. The second kappa shape index (κ2) is 7.84. The van der Waals surface area contributed by atoms with Gasteiger partial charge in [-0.05, 0) is 26.8 Å². The van der Waals surface area contributed by atoms with Crippen molar-refractivity contribution in [2.75, 3.05) is 13.2 Å². The van der Waals surface area contributed by atoms with E-state index in [1.54, 1.807) is 20.8 Å². The molecule has 6 nitrogen and oxygen atoms in total. The smallest absolute Gasteiger partial charge is 0.314 e. The topological polar surface area (TPSA) is 70.8 Å². The maximum Gasteiger partial charge on any atom is 0.314 e. The Kier molecular flexibility index (Phi) is 6.44. The molecule has 1 aromatic rings. The number of halogens is 2. The van der Waals surface area contributed by atoms with Crippen LogP contribution in [0.2, 0.25) is 0 Å². The molecular weight excluding hydrogens is 288 g/mol. The van der Waals surface area contributed by atoms with E-state index in [4.69, 9.17) is 14.2 Å². The molecule has 8 heteroatoms. The van der Waals surface area contributed by atoms with Crippen LogP contribution in [0, 0.1) is 21.7 Å². The number of ether oxygens (including phenoxy) is 3. The number of hydrogen-bond acceptors (Lipinski definition) is 5. The molecule has 0 saturated carbocycles. The molecule has 0 N–H and O–H groups in total. The molecule has 1 rings (SSSR count). The molecular formula is C13H17F2NO5. The fourth-order valence-electron chi connectivity index (χ4n) is 1.64. The summed E-state index contributed by atoms with van der Waals surface area (Å²) in [5.41, 5.74) is -0.640. The average molecular weight is 305 g/mol. The molecule has 2 atom stereocenters. The molecule has 0 bridgehead atoms. The van der Waals surface area contributed by atoms with E-state index in [1.165, 1.54) is 0 Å². The van der Waals surface area contributed by atoms with Crippen molar-refractivity contribution >= 4 is 5.69 Å². The SMILES string of the molecule is CCOC(C)O[C@H](C)COc1c([N+](=O)[O-])ccc(F)c1F. The van der Waals surface area contributed by atoms with Gasteiger partial charge in [-0.2, -0.15) is 4.39 Å². The molecule has 0 saturated heterocycles. The normalized spacial score (nSPS) is 13.8. The van der Waals surface area contributed by atoms with E-state index in [-0.39, 0.29) is 6.61 Å². The molecule has 1 aromatic carbocycles. The summed E-state index contributed by atoms with van der Waals surface area (Å²) in [6, 6.07) is 1.53. The molecule has 0 aromatic heterocycles. The van der Waals surface area contributed by atoms with Crippen LogP contribution in [0.4, 0.5) is 14.5 Å². The minimum atomic E-state index is -1.39. The Hall–Kier alpha value is -1.80. The van der Waals surface area contributed by atoms with Gasteiger partial charge < -0.3 is 14.2 Å². The Labute approximate surface area is 120 Å². The lowest BCUT2D eigenvalue weighted by Gasteiger charge is -2.19. The van der Waals surface area contributed by atoms with Crippen LogP contribution < -0.4 is 4.74 Å². The van der Waals surface area contributed by atoms with Crippen LogP contribution in [0.3, 0.4) is 0 Å². The van der Waals surface area contributed by atoms with Gasteiger partial charge >= 0.3 is 5.69 Å². The first-order valence-corrected chi connectivity index (χ1v) is 6.39. The Morgan fingerprint density at radius 3 is 2.57 bits per heavy atom. The Morgan fingerprint density at radius 2 is 2.00 bits per heavy atom. The van der Waals surface area contributed by atoms with Gasteiger partial charge in [0.2, 0.25) is 11.6 Å². The van der Waals surface area contributed by atoms with Crippen molar-refractivity contribution in [1.29, 1.82) is 0 Å². The van der Waals surface area contributed by atoms with Gasteiger partial charge in [0.1, 0.15) is 6.61 Å². The van der Waals surface area contributed by atoms with E-state index < -0.39 is 40.4 Å². The molecule has 0 aliphatic heterocycles. The monoisotopic (exact) mass is 305 g/mol.